The van der Waals surface area contributed by atoms with Crippen LogP contribution in [0.5, 0.6) is 11.5 Å². The second-order valence-electron chi connectivity index (χ2n) is 14.6. The van der Waals surface area contributed by atoms with Crippen molar-refractivity contribution in [2.45, 2.75) is 5.41 Å². The number of pyridine rings is 1. The van der Waals surface area contributed by atoms with Crippen molar-refractivity contribution in [3.05, 3.63) is 242 Å². The molecule has 0 N–H and O–H groups in total. The number of hydrogen-bond donors (Lipinski definition) is 0. The molecule has 62 heavy (non-hydrogen) atoms. The summed E-state index contributed by atoms with van der Waals surface area (Å²) in [5.74, 6) is 3.06. The van der Waals surface area contributed by atoms with Gasteiger partial charge in [-0.25, -0.2) is 19.9 Å². The third-order valence-corrected chi connectivity index (χ3v) is 11.0. The van der Waals surface area contributed by atoms with Crippen LogP contribution in [0.4, 0.5) is 0 Å². The maximum atomic E-state index is 6.91. The number of nitrogens with zero attached hydrogens (tertiary/aromatic N) is 6. The smallest absolute Gasteiger partial charge is 0.164 e. The maximum Gasteiger partial charge on any atom is 0.164 e. The van der Waals surface area contributed by atoms with Crippen molar-refractivity contribution in [2.75, 3.05) is 0 Å². The third kappa shape index (κ3) is 6.87. The van der Waals surface area contributed by atoms with Crippen molar-refractivity contribution in [1.82, 2.24) is 19.9 Å². The number of rotatable bonds is 12. The molecule has 1 spiro atoms. The zero-order valence-electron chi connectivity index (χ0n) is 33.9. The van der Waals surface area contributed by atoms with Gasteiger partial charge in [0, 0.05) is 40.2 Å². The van der Waals surface area contributed by atoms with Crippen LogP contribution in [0.2, 0.25) is 0 Å². The summed E-state index contributed by atoms with van der Waals surface area (Å²) in [6, 6.07) is 43.8. The summed E-state index contributed by atoms with van der Waals surface area (Å²) < 4.78 is 6.91. The van der Waals surface area contributed by atoms with Crippen molar-refractivity contribution in [2.24, 2.45) is 9.98 Å². The summed E-state index contributed by atoms with van der Waals surface area (Å²) >= 11 is 0. The predicted molar refractivity (Wildman–Crippen MR) is 254 cm³/mol. The van der Waals surface area contributed by atoms with E-state index in [4.69, 9.17) is 24.7 Å². The van der Waals surface area contributed by atoms with Gasteiger partial charge in [0.2, 0.25) is 0 Å². The van der Waals surface area contributed by atoms with E-state index in [9.17, 15) is 0 Å². The molecule has 0 bridgehead atoms. The molecule has 0 saturated heterocycles. The van der Waals surface area contributed by atoms with E-state index in [0.717, 1.165) is 72.7 Å². The second-order valence-corrected chi connectivity index (χ2v) is 14.6. The second kappa shape index (κ2) is 16.7. The third-order valence-electron chi connectivity index (χ3n) is 11.0. The van der Waals surface area contributed by atoms with Crippen LogP contribution < -0.4 is 4.74 Å². The average Bonchev–Trinajstić information content (AvgIpc) is 3.61. The van der Waals surface area contributed by atoms with Crippen LogP contribution in [0.15, 0.2) is 213 Å². The summed E-state index contributed by atoms with van der Waals surface area (Å²) in [6.45, 7) is 19.7. The fourth-order valence-electron chi connectivity index (χ4n) is 8.30. The zero-order chi connectivity index (χ0) is 42.6. The van der Waals surface area contributed by atoms with E-state index in [1.165, 1.54) is 0 Å². The average molecular weight is 801 g/mol. The highest BCUT2D eigenvalue weighted by atomic mass is 16.5. The summed E-state index contributed by atoms with van der Waals surface area (Å²) in [5.41, 5.74) is 11.8. The fourth-order valence-corrected chi connectivity index (χ4v) is 8.30. The van der Waals surface area contributed by atoms with Gasteiger partial charge in [-0.3, -0.25) is 9.98 Å². The Morgan fingerprint density at radius 3 is 1.89 bits per heavy atom. The van der Waals surface area contributed by atoms with Crippen LogP contribution in [0.1, 0.15) is 39.5 Å². The molecule has 0 atom stereocenters. The molecule has 2 aromatic heterocycles. The lowest BCUT2D eigenvalue weighted by Gasteiger charge is -2.40. The molecule has 3 heterocycles. The Balaban J connectivity index is 1.29. The highest BCUT2D eigenvalue weighted by Gasteiger charge is 2.51. The van der Waals surface area contributed by atoms with Crippen LogP contribution >= 0.6 is 0 Å². The molecule has 0 unspecified atom stereocenters. The normalized spacial score (nSPS) is 13.3. The lowest BCUT2D eigenvalue weighted by molar-refractivity contribution is 0.436. The van der Waals surface area contributed by atoms with E-state index in [1.54, 1.807) is 49.0 Å². The van der Waals surface area contributed by atoms with Gasteiger partial charge in [0.15, 0.2) is 17.5 Å². The molecule has 1 aliphatic carbocycles. The first kappa shape index (κ1) is 39.1. The number of benzene rings is 5. The van der Waals surface area contributed by atoms with Crippen LogP contribution in [0.3, 0.4) is 0 Å². The standard InChI is InChI=1S/C55H40N6O/c1-6-10-30-56-35-42-31-41(34-49(58-42)36(5)57-29-8-3)39-25-27-50-47(32-39)55(45-23-16-14-21-43(45)44-22-15-17-24-46(44)55)48-33-40(26-28-51(48)62-50)54-60-52(37(9-4)18-7-2)59-53(61-54)38-19-12-11-13-20-38/h6-35H,1-5H2/b30-10-,37-18+,56-35?,57-29?. The first-order valence-electron chi connectivity index (χ1n) is 20.1. The number of hydrogen-bond acceptors (Lipinski definition) is 7. The zero-order valence-corrected chi connectivity index (χ0v) is 33.9. The van der Waals surface area contributed by atoms with Gasteiger partial charge in [0.1, 0.15) is 11.5 Å². The van der Waals surface area contributed by atoms with Crippen molar-refractivity contribution in [1.29, 1.82) is 0 Å². The Bertz CT molecular complexity index is 3050. The van der Waals surface area contributed by atoms with E-state index in [1.807, 2.05) is 60.7 Å². The minimum atomic E-state index is -0.789. The highest BCUT2D eigenvalue weighted by Crippen LogP contribution is 2.62. The van der Waals surface area contributed by atoms with Crippen molar-refractivity contribution < 1.29 is 4.74 Å². The molecule has 1 aliphatic heterocycles. The van der Waals surface area contributed by atoms with Gasteiger partial charge in [0.25, 0.3) is 0 Å². The summed E-state index contributed by atoms with van der Waals surface area (Å²) in [7, 11) is 0. The van der Waals surface area contributed by atoms with Crippen molar-refractivity contribution in [3.63, 3.8) is 0 Å². The number of ether oxygens (including phenoxy) is 1. The fraction of sp³-hybridized carbons (Fsp3) is 0.0182. The predicted octanol–water partition coefficient (Wildman–Crippen LogP) is 12.8. The maximum absolute atomic E-state index is 6.91. The Labute approximate surface area is 361 Å². The van der Waals surface area contributed by atoms with Gasteiger partial charge in [-0.05, 0) is 81.9 Å². The molecule has 296 valence electrons. The lowest BCUT2D eigenvalue weighted by Crippen LogP contribution is -2.32. The molecule has 7 nitrogen and oxygen atoms in total. The molecule has 2 aliphatic rings. The van der Waals surface area contributed by atoms with Gasteiger partial charge in [-0.15, -0.1) is 0 Å². The first-order valence-corrected chi connectivity index (χ1v) is 20.1. The Hall–Kier alpha value is -8.42. The van der Waals surface area contributed by atoms with E-state index in [2.05, 4.69) is 116 Å². The number of fused-ring (bicyclic) bond motifs is 9. The highest BCUT2D eigenvalue weighted by molar-refractivity contribution is 5.91. The Kier molecular flexibility index (Phi) is 10.5. The molecule has 0 saturated carbocycles. The number of allylic oxidation sites excluding steroid dienone is 7. The van der Waals surface area contributed by atoms with E-state index >= 15 is 0 Å². The lowest BCUT2D eigenvalue weighted by atomic mass is 9.65. The molecule has 7 aromatic rings. The van der Waals surface area contributed by atoms with Crippen LogP contribution in [-0.4, -0.2) is 32.4 Å². The number of aromatic nitrogens is 4. The summed E-state index contributed by atoms with van der Waals surface area (Å²) in [6.07, 6.45) is 15.3. The van der Waals surface area contributed by atoms with E-state index < -0.39 is 5.41 Å². The number of aliphatic imine (C=N–C) groups is 2. The molecule has 0 fully saturated rings. The van der Waals surface area contributed by atoms with E-state index in [-0.39, 0.29) is 0 Å². The SMILES string of the molecule is C=CC=NC(=C)c1cc(-c2ccc3c(c2)C2(c4cc(-c5nc(/C(C=C)=C/C=C)nc(-c6ccccc6)n5)ccc4O3)c3ccccc3-c3ccccc32)cc(C=N/C=C\C=C)n1. The first-order chi connectivity index (χ1) is 30.5. The van der Waals surface area contributed by atoms with Gasteiger partial charge >= 0.3 is 0 Å². The monoisotopic (exact) mass is 800 g/mol. The van der Waals surface area contributed by atoms with Gasteiger partial charge < -0.3 is 4.74 Å². The minimum Gasteiger partial charge on any atom is -0.457 e. The Morgan fingerprint density at radius 1 is 0.581 bits per heavy atom. The molecular weight excluding hydrogens is 761 g/mol. The Morgan fingerprint density at radius 2 is 1.23 bits per heavy atom. The van der Waals surface area contributed by atoms with Crippen LogP contribution in [0, 0.1) is 0 Å². The minimum absolute atomic E-state index is 0.495. The molecule has 0 amide bonds. The largest absolute Gasteiger partial charge is 0.457 e. The molecular formula is C55H40N6O. The molecule has 5 aromatic carbocycles. The van der Waals surface area contributed by atoms with E-state index in [0.29, 0.717) is 34.6 Å². The summed E-state index contributed by atoms with van der Waals surface area (Å²) in [5, 5.41) is 0. The topological polar surface area (TPSA) is 85.5 Å². The molecule has 7 heteroatoms. The van der Waals surface area contributed by atoms with Gasteiger partial charge in [-0.1, -0.05) is 148 Å². The quantitative estimate of drug-likeness (QED) is 0.0907. The van der Waals surface area contributed by atoms with Crippen LogP contribution in [0.25, 0.3) is 56.3 Å². The summed E-state index contributed by atoms with van der Waals surface area (Å²) in [4.78, 5) is 28.8. The van der Waals surface area contributed by atoms with Crippen molar-refractivity contribution >= 4 is 23.7 Å². The van der Waals surface area contributed by atoms with Gasteiger partial charge in [0.05, 0.1) is 28.7 Å². The molecule has 9 rings (SSSR count). The van der Waals surface area contributed by atoms with Gasteiger partial charge in [-0.2, -0.15) is 0 Å². The van der Waals surface area contributed by atoms with Crippen LogP contribution in [-0.2, 0) is 5.41 Å². The molecule has 0 radical (unpaired) electrons. The van der Waals surface area contributed by atoms with Crippen molar-refractivity contribution in [3.8, 4) is 56.5 Å².